The molecule has 11 heteroatoms. The molecule has 1 saturated heterocycles. The molecule has 2 amide bonds. The van der Waals surface area contributed by atoms with E-state index in [0.717, 1.165) is 12.1 Å². The molecule has 2 aromatic rings. The van der Waals surface area contributed by atoms with E-state index in [0.29, 0.717) is 11.1 Å². The summed E-state index contributed by atoms with van der Waals surface area (Å²) in [6.07, 6.45) is -5.67. The highest BCUT2D eigenvalue weighted by atomic mass is 35.5. The molecule has 2 aromatic carbocycles. The Bertz CT molecular complexity index is 1080. The molecule has 1 atom stereocenters. The number of carbonyl (C=O) groups is 2. The van der Waals surface area contributed by atoms with E-state index in [9.17, 15) is 27.9 Å². The van der Waals surface area contributed by atoms with E-state index >= 15 is 0 Å². The van der Waals surface area contributed by atoms with Gasteiger partial charge in [-0.2, -0.15) is 13.2 Å². The molecule has 3 rings (SSSR count). The second-order valence-corrected chi connectivity index (χ2v) is 9.01. The average molecular weight is 515 g/mol. The van der Waals surface area contributed by atoms with E-state index in [1.54, 1.807) is 39.8 Å². The molecule has 1 N–H and O–H groups in total. The molecule has 0 aliphatic carbocycles. The van der Waals surface area contributed by atoms with Crippen LogP contribution in [0.15, 0.2) is 36.4 Å². The second-order valence-electron chi connectivity index (χ2n) is 8.60. The van der Waals surface area contributed by atoms with Crippen molar-refractivity contribution >= 4 is 29.3 Å². The van der Waals surface area contributed by atoms with Crippen LogP contribution < -0.4 is 9.64 Å². The molecule has 1 aliphatic rings. The van der Waals surface area contributed by atoms with Crippen LogP contribution in [0.1, 0.15) is 37.5 Å². The van der Waals surface area contributed by atoms with E-state index in [4.69, 9.17) is 21.1 Å². The number of anilines is 1. The zero-order valence-corrected chi connectivity index (χ0v) is 20.4. The number of alkyl halides is 3. The highest BCUT2D eigenvalue weighted by molar-refractivity contribution is 6.32. The lowest BCUT2D eigenvalue weighted by atomic mass is 10.1. The average Bonchev–Trinajstić information content (AvgIpc) is 3.04. The monoisotopic (exact) mass is 514 g/mol. The Morgan fingerprint density at radius 1 is 1.20 bits per heavy atom. The summed E-state index contributed by atoms with van der Waals surface area (Å²) < 4.78 is 49.3. The zero-order chi connectivity index (χ0) is 26.1. The molecule has 190 valence electrons. The van der Waals surface area contributed by atoms with Crippen LogP contribution in [0.25, 0.3) is 0 Å². The van der Waals surface area contributed by atoms with Crippen LogP contribution in [0.2, 0.25) is 5.02 Å². The number of amides is 2. The van der Waals surface area contributed by atoms with Crippen LogP contribution in [0.3, 0.4) is 0 Å². The number of halogens is 4. The Hall–Kier alpha value is -2.98. The fraction of sp³-hybridized carbons (Fsp3) is 0.417. The third kappa shape index (κ3) is 5.82. The van der Waals surface area contributed by atoms with Crippen molar-refractivity contribution in [3.05, 3.63) is 58.1 Å². The Kier molecular flexibility index (Phi) is 7.56. The molecule has 0 bridgehead atoms. The fourth-order valence-corrected chi connectivity index (χ4v) is 3.99. The van der Waals surface area contributed by atoms with Gasteiger partial charge in [-0.05, 0) is 69.2 Å². The van der Waals surface area contributed by atoms with Gasteiger partial charge in [-0.3, -0.25) is 9.80 Å². The lowest BCUT2D eigenvalue weighted by Gasteiger charge is -2.26. The van der Waals surface area contributed by atoms with E-state index in [1.165, 1.54) is 21.9 Å². The summed E-state index contributed by atoms with van der Waals surface area (Å²) >= 11 is 6.41. The number of nitrogens with zero attached hydrogens (tertiary/aromatic N) is 2. The van der Waals surface area contributed by atoms with E-state index < -0.39 is 35.6 Å². The third-order valence-electron chi connectivity index (χ3n) is 5.45. The van der Waals surface area contributed by atoms with Crippen molar-refractivity contribution < 1.29 is 37.3 Å². The fourth-order valence-electron chi connectivity index (χ4n) is 3.66. The van der Waals surface area contributed by atoms with Gasteiger partial charge in [0.05, 0.1) is 30.3 Å². The zero-order valence-electron chi connectivity index (χ0n) is 19.6. The molecular formula is C24H26ClF3N2O5. The van der Waals surface area contributed by atoms with Crippen molar-refractivity contribution in [3.63, 3.8) is 0 Å². The molecule has 1 fully saturated rings. The number of ether oxygens (including phenoxy) is 2. The van der Waals surface area contributed by atoms with Gasteiger partial charge in [0.15, 0.2) is 5.60 Å². The normalized spacial score (nSPS) is 16.6. The number of β-amino-alcohol motifs (C(OH)–C–C–N with tert-alkyl or cyclic N) is 1. The summed E-state index contributed by atoms with van der Waals surface area (Å²) in [6, 6.07) is 6.86. The quantitative estimate of drug-likeness (QED) is 0.517. The van der Waals surface area contributed by atoms with Gasteiger partial charge in [0.25, 0.3) is 0 Å². The van der Waals surface area contributed by atoms with E-state index in [2.05, 4.69) is 0 Å². The maximum absolute atomic E-state index is 12.9. The van der Waals surface area contributed by atoms with Gasteiger partial charge < -0.3 is 14.6 Å². The van der Waals surface area contributed by atoms with Crippen molar-refractivity contribution in [3.8, 4) is 5.75 Å². The van der Waals surface area contributed by atoms with Crippen molar-refractivity contribution in [2.45, 2.75) is 52.2 Å². The Labute approximate surface area is 206 Å². The SMILES string of the molecule is CCOC(=O)C(C)(C)Oc1c(C)cc(CN2C(=O)N(c3ccc(C(F)(F)F)cc3)CC2O)cc1Cl. The number of benzene rings is 2. The first-order chi connectivity index (χ1) is 16.2. The second kappa shape index (κ2) is 9.94. The number of carbonyl (C=O) groups excluding carboxylic acids is 2. The van der Waals surface area contributed by atoms with Gasteiger partial charge in [-0.15, -0.1) is 0 Å². The number of aliphatic hydroxyl groups excluding tert-OH is 1. The standard InChI is InChI=1S/C24H26ClF3N2O5/c1-5-34-21(32)23(3,4)35-20-14(2)10-15(11-18(20)25)12-30-19(31)13-29(22(30)33)17-8-6-16(7-9-17)24(26,27)28/h6-11,19,31H,5,12-13H2,1-4H3. The molecule has 0 spiro atoms. The van der Waals surface area contributed by atoms with Crippen LogP contribution in [0.5, 0.6) is 5.75 Å². The molecular weight excluding hydrogens is 489 g/mol. The van der Waals surface area contributed by atoms with E-state index in [1.807, 2.05) is 0 Å². The minimum atomic E-state index is -4.49. The van der Waals surface area contributed by atoms with Crippen molar-refractivity contribution in [2.24, 2.45) is 0 Å². The number of esters is 1. The van der Waals surface area contributed by atoms with Crippen molar-refractivity contribution in [1.82, 2.24) is 4.90 Å². The highest BCUT2D eigenvalue weighted by Gasteiger charge is 2.38. The number of aryl methyl sites for hydroxylation is 1. The van der Waals surface area contributed by atoms with Crippen molar-refractivity contribution in [1.29, 1.82) is 0 Å². The van der Waals surface area contributed by atoms with Gasteiger partial charge in [-0.1, -0.05) is 17.7 Å². The van der Waals surface area contributed by atoms with Crippen LogP contribution in [0.4, 0.5) is 23.7 Å². The molecule has 0 aromatic heterocycles. The van der Waals surface area contributed by atoms with Gasteiger partial charge in [-0.25, -0.2) is 9.59 Å². The Morgan fingerprint density at radius 2 is 1.83 bits per heavy atom. The molecule has 1 heterocycles. The highest BCUT2D eigenvalue weighted by Crippen LogP contribution is 2.35. The van der Waals surface area contributed by atoms with Crippen LogP contribution in [-0.2, 0) is 22.3 Å². The minimum absolute atomic E-state index is 0.000750. The number of hydrogen-bond donors (Lipinski definition) is 1. The summed E-state index contributed by atoms with van der Waals surface area (Å²) in [4.78, 5) is 27.5. The summed E-state index contributed by atoms with van der Waals surface area (Å²) in [6.45, 7) is 6.63. The molecule has 1 unspecified atom stereocenters. The van der Waals surface area contributed by atoms with Gasteiger partial charge in [0, 0.05) is 5.69 Å². The van der Waals surface area contributed by atoms with E-state index in [-0.39, 0.29) is 36.2 Å². The summed E-state index contributed by atoms with van der Waals surface area (Å²) in [5.74, 6) is -0.262. The predicted molar refractivity (Wildman–Crippen MR) is 123 cm³/mol. The molecule has 0 radical (unpaired) electrons. The molecule has 35 heavy (non-hydrogen) atoms. The summed E-state index contributed by atoms with van der Waals surface area (Å²) in [5.41, 5.74) is -0.677. The van der Waals surface area contributed by atoms with Crippen LogP contribution >= 0.6 is 11.6 Å². The Morgan fingerprint density at radius 3 is 2.37 bits per heavy atom. The first-order valence-corrected chi connectivity index (χ1v) is 11.2. The smallest absolute Gasteiger partial charge is 0.416 e. The molecule has 7 nitrogen and oxygen atoms in total. The maximum Gasteiger partial charge on any atom is 0.416 e. The lowest BCUT2D eigenvalue weighted by Crippen LogP contribution is -2.40. The first-order valence-electron chi connectivity index (χ1n) is 10.8. The molecule has 1 aliphatic heterocycles. The van der Waals surface area contributed by atoms with Gasteiger partial charge in [0.1, 0.15) is 12.0 Å². The number of urea groups is 1. The summed E-state index contributed by atoms with van der Waals surface area (Å²) in [5, 5.41) is 10.7. The van der Waals surface area contributed by atoms with Gasteiger partial charge >= 0.3 is 18.2 Å². The largest absolute Gasteiger partial charge is 0.474 e. The van der Waals surface area contributed by atoms with Gasteiger partial charge in [0.2, 0.25) is 0 Å². The van der Waals surface area contributed by atoms with Crippen LogP contribution in [0, 0.1) is 6.92 Å². The number of rotatable bonds is 7. The number of aliphatic hydroxyl groups is 1. The third-order valence-corrected chi connectivity index (χ3v) is 5.74. The number of hydrogen-bond acceptors (Lipinski definition) is 5. The predicted octanol–water partition coefficient (Wildman–Crippen LogP) is 5.15. The van der Waals surface area contributed by atoms with Crippen LogP contribution in [-0.4, -0.2) is 47.0 Å². The topological polar surface area (TPSA) is 79.3 Å². The Balaban J connectivity index is 1.76. The van der Waals surface area contributed by atoms with Crippen molar-refractivity contribution in [2.75, 3.05) is 18.1 Å². The molecule has 0 saturated carbocycles. The lowest BCUT2D eigenvalue weighted by molar-refractivity contribution is -0.158. The minimum Gasteiger partial charge on any atom is -0.474 e. The summed E-state index contributed by atoms with van der Waals surface area (Å²) in [7, 11) is 0. The first kappa shape index (κ1) is 26.6. The maximum atomic E-state index is 12.9.